The zero-order valence-electron chi connectivity index (χ0n) is 37.5. The van der Waals surface area contributed by atoms with Crippen LogP contribution in [0.1, 0.15) is 0 Å². The molecule has 0 aliphatic carbocycles. The van der Waals surface area contributed by atoms with Crippen molar-refractivity contribution in [1.29, 1.82) is 0 Å². The quantitative estimate of drug-likeness (QED) is 0.173. The first kappa shape index (κ1) is 37.4. The van der Waals surface area contributed by atoms with Gasteiger partial charge in [-0.3, -0.25) is 17.9 Å². The Balaban J connectivity index is 0.972. The van der Waals surface area contributed by atoms with Gasteiger partial charge in [-0.1, -0.05) is 133 Å². The van der Waals surface area contributed by atoms with Crippen molar-refractivity contribution < 1.29 is 0 Å². The van der Waals surface area contributed by atoms with E-state index < -0.39 is 0 Å². The monoisotopic (exact) mass is 894 g/mol. The van der Waals surface area contributed by atoms with Crippen LogP contribution in [-0.4, -0.2) is 37.0 Å². The Kier molecular flexibility index (Phi) is 7.46. The molecule has 0 aliphatic heterocycles. The summed E-state index contributed by atoms with van der Waals surface area (Å²) in [6.07, 6.45) is 0. The van der Waals surface area contributed by atoms with Gasteiger partial charge in [0.15, 0.2) is 0 Å². The number of para-hydroxylation sites is 10. The average Bonchev–Trinajstić information content (AvgIpc) is 4.27. The van der Waals surface area contributed by atoms with Crippen molar-refractivity contribution in [3.05, 3.63) is 231 Å². The number of rotatable bonds is 5. The largest absolute Gasteiger partial charge is 0.307 e. The lowest BCUT2D eigenvalue weighted by Crippen LogP contribution is -2.02. The normalized spacial score (nSPS) is 12.3. The topological polar surface area (TPSA) is 54.3 Å². The molecule has 0 spiro atoms. The molecule has 0 aliphatic rings. The number of benzene rings is 10. The van der Waals surface area contributed by atoms with Crippen LogP contribution in [0.5, 0.6) is 0 Å². The fraction of sp³-hybridized carbons (Fsp3) is 0. The summed E-state index contributed by atoms with van der Waals surface area (Å²) >= 11 is 0. The first-order valence-corrected chi connectivity index (χ1v) is 23.8. The SMILES string of the molecule is c1ccc(-n2c3ccccc3c3ccc4c(nc5n(-c6ccccc6-c6ccccc6-n6c7ccccc7n7c8ccc9c%10ccccc%10n(-c%10ccccc%10)c9c8nc67)c6ccccc6n45)c32)cc1. The van der Waals surface area contributed by atoms with Crippen molar-refractivity contribution in [2.24, 2.45) is 0 Å². The molecule has 0 atom stereocenters. The predicted octanol–water partition coefficient (Wildman–Crippen LogP) is 15.0. The van der Waals surface area contributed by atoms with Gasteiger partial charge in [-0.15, -0.1) is 0 Å². The van der Waals surface area contributed by atoms with E-state index in [1.54, 1.807) is 0 Å². The minimum absolute atomic E-state index is 0.852. The highest BCUT2D eigenvalue weighted by atomic mass is 15.2. The molecule has 0 fully saturated rings. The summed E-state index contributed by atoms with van der Waals surface area (Å²) < 4.78 is 14.2. The van der Waals surface area contributed by atoms with Crippen molar-refractivity contribution in [1.82, 2.24) is 37.0 Å². The van der Waals surface area contributed by atoms with Gasteiger partial charge < -0.3 is 9.13 Å². The van der Waals surface area contributed by atoms with E-state index in [0.717, 1.165) is 112 Å². The molecular weight excluding hydrogens is 857 g/mol. The van der Waals surface area contributed by atoms with Gasteiger partial charge in [0.05, 0.1) is 66.5 Å². The van der Waals surface area contributed by atoms with Gasteiger partial charge in [0.1, 0.15) is 11.0 Å². The third-order valence-electron chi connectivity index (χ3n) is 14.6. The van der Waals surface area contributed by atoms with Gasteiger partial charge >= 0.3 is 0 Å². The molecule has 8 nitrogen and oxygen atoms in total. The molecule has 0 radical (unpaired) electrons. The van der Waals surface area contributed by atoms with E-state index >= 15 is 0 Å². The summed E-state index contributed by atoms with van der Waals surface area (Å²) in [6.45, 7) is 0. The maximum atomic E-state index is 5.71. The fourth-order valence-corrected chi connectivity index (χ4v) is 11.8. The summed E-state index contributed by atoms with van der Waals surface area (Å²) in [6, 6.07) is 82.7. The second-order valence-electron chi connectivity index (χ2n) is 18.2. The Morgan fingerprint density at radius 1 is 0.243 bits per heavy atom. The average molecular weight is 895 g/mol. The van der Waals surface area contributed by atoms with E-state index in [9.17, 15) is 0 Å². The minimum Gasteiger partial charge on any atom is -0.307 e. The van der Waals surface area contributed by atoms with Gasteiger partial charge in [-0.2, -0.15) is 0 Å². The van der Waals surface area contributed by atoms with Crippen LogP contribution in [0.4, 0.5) is 0 Å². The lowest BCUT2D eigenvalue weighted by molar-refractivity contribution is 1.10. The van der Waals surface area contributed by atoms with Gasteiger partial charge in [-0.05, 0) is 97.1 Å². The van der Waals surface area contributed by atoms with Crippen LogP contribution in [-0.2, 0) is 0 Å². The predicted molar refractivity (Wildman–Crippen MR) is 287 cm³/mol. The molecule has 326 valence electrons. The van der Waals surface area contributed by atoms with E-state index in [4.69, 9.17) is 9.97 Å². The fourth-order valence-electron chi connectivity index (χ4n) is 11.8. The molecule has 0 bridgehead atoms. The first-order chi connectivity index (χ1) is 34.8. The maximum absolute atomic E-state index is 5.71. The summed E-state index contributed by atoms with van der Waals surface area (Å²) in [5.74, 6) is 1.70. The lowest BCUT2D eigenvalue weighted by Gasteiger charge is -2.16. The Bertz CT molecular complexity index is 4520. The van der Waals surface area contributed by atoms with Crippen LogP contribution in [0.2, 0.25) is 0 Å². The molecule has 0 unspecified atom stereocenters. The smallest absolute Gasteiger partial charge is 0.220 e. The van der Waals surface area contributed by atoms with Crippen molar-refractivity contribution in [2.75, 3.05) is 0 Å². The highest BCUT2D eigenvalue weighted by Crippen LogP contribution is 2.43. The molecule has 8 heteroatoms. The standard InChI is InChI=1S/C62H38N8/c1-3-19-39(20-4-1)65-47-27-11-9-25-43(47)45-35-37-55-57(59(45)65)63-61-67(51-31-15-17-33-53(51)69(55)61)49-29-13-7-23-41(49)42-24-8-14-30-50(42)68-52-32-16-18-34-54(52)70-56-38-36-46-44-26-10-12-28-48(44)66(40-21-5-2-6-22-40)60(46)58(56)64-62(68)70/h1-38H. The Morgan fingerprint density at radius 2 is 0.600 bits per heavy atom. The zero-order chi connectivity index (χ0) is 45.6. The van der Waals surface area contributed by atoms with Crippen LogP contribution in [0.3, 0.4) is 0 Å². The number of hydrogen-bond donors (Lipinski definition) is 0. The van der Waals surface area contributed by atoms with Crippen LogP contribution < -0.4 is 0 Å². The van der Waals surface area contributed by atoms with E-state index in [1.807, 2.05) is 0 Å². The summed E-state index contributed by atoms with van der Waals surface area (Å²) in [4.78, 5) is 11.4. The van der Waals surface area contributed by atoms with E-state index in [-0.39, 0.29) is 0 Å². The third kappa shape index (κ3) is 4.88. The van der Waals surface area contributed by atoms with E-state index in [1.165, 1.54) is 21.5 Å². The maximum Gasteiger partial charge on any atom is 0.220 e. The Morgan fingerprint density at radius 3 is 1.04 bits per heavy atom. The molecule has 6 heterocycles. The molecule has 0 saturated heterocycles. The van der Waals surface area contributed by atoms with Gasteiger partial charge in [0, 0.05) is 44.0 Å². The highest BCUT2D eigenvalue weighted by molar-refractivity contribution is 6.19. The van der Waals surface area contributed by atoms with Crippen molar-refractivity contribution in [3.8, 4) is 33.9 Å². The van der Waals surface area contributed by atoms with Crippen LogP contribution in [0.25, 0.3) is 133 Å². The van der Waals surface area contributed by atoms with Gasteiger partial charge in [0.25, 0.3) is 0 Å². The second kappa shape index (κ2) is 13.9. The second-order valence-corrected chi connectivity index (χ2v) is 18.2. The number of aromatic nitrogens is 8. The Hall–Kier alpha value is -9.66. The third-order valence-corrected chi connectivity index (χ3v) is 14.6. The first-order valence-electron chi connectivity index (χ1n) is 23.8. The molecule has 16 aromatic rings. The van der Waals surface area contributed by atoms with E-state index in [0.29, 0.717) is 0 Å². The van der Waals surface area contributed by atoms with Gasteiger partial charge in [-0.25, -0.2) is 9.97 Å². The molecule has 0 saturated carbocycles. The summed E-state index contributed by atoms with van der Waals surface area (Å²) in [5, 5.41) is 4.76. The van der Waals surface area contributed by atoms with E-state index in [2.05, 4.69) is 258 Å². The van der Waals surface area contributed by atoms with Crippen LogP contribution in [0.15, 0.2) is 231 Å². The van der Waals surface area contributed by atoms with Crippen molar-refractivity contribution in [2.45, 2.75) is 0 Å². The zero-order valence-corrected chi connectivity index (χ0v) is 37.5. The molecule has 6 aromatic heterocycles. The summed E-state index contributed by atoms with van der Waals surface area (Å²) in [7, 11) is 0. The molecule has 0 amide bonds. The number of nitrogens with zero attached hydrogens (tertiary/aromatic N) is 8. The van der Waals surface area contributed by atoms with Crippen LogP contribution >= 0.6 is 0 Å². The number of fused-ring (bicyclic) bond motifs is 18. The van der Waals surface area contributed by atoms with Gasteiger partial charge in [0.2, 0.25) is 11.6 Å². The molecule has 0 N–H and O–H groups in total. The number of hydrogen-bond acceptors (Lipinski definition) is 2. The highest BCUT2D eigenvalue weighted by Gasteiger charge is 2.26. The number of imidazole rings is 4. The molecule has 10 aromatic carbocycles. The molecule has 70 heavy (non-hydrogen) atoms. The molecular formula is C62H38N8. The van der Waals surface area contributed by atoms with Crippen molar-refractivity contribution in [3.63, 3.8) is 0 Å². The minimum atomic E-state index is 0.852. The van der Waals surface area contributed by atoms with Crippen LogP contribution in [0, 0.1) is 0 Å². The van der Waals surface area contributed by atoms with Crippen molar-refractivity contribution >= 4 is 99.3 Å². The Labute approximate surface area is 399 Å². The summed E-state index contributed by atoms with van der Waals surface area (Å²) in [5.41, 5.74) is 19.3. The lowest BCUT2D eigenvalue weighted by atomic mass is 10.0. The molecule has 16 rings (SSSR count).